The predicted octanol–water partition coefficient (Wildman–Crippen LogP) is 3.85. The highest BCUT2D eigenvalue weighted by molar-refractivity contribution is 6.09. The lowest BCUT2D eigenvalue weighted by Crippen LogP contribution is -2.42. The van der Waals surface area contributed by atoms with Gasteiger partial charge in [0, 0.05) is 24.6 Å². The zero-order valence-electron chi connectivity index (χ0n) is 18.2. The van der Waals surface area contributed by atoms with E-state index in [1.165, 1.54) is 11.1 Å². The Hall–Kier alpha value is -3.93. The fraction of sp³-hybridized carbons (Fsp3) is 0.222. The molecule has 0 unspecified atom stereocenters. The first-order valence-corrected chi connectivity index (χ1v) is 11.2. The molecule has 5 rings (SSSR count). The summed E-state index contributed by atoms with van der Waals surface area (Å²) in [6.45, 7) is 0.945. The molecular formula is C27H25N3O3. The van der Waals surface area contributed by atoms with Crippen LogP contribution in [-0.4, -0.2) is 35.7 Å². The number of para-hydroxylation sites is 1. The number of carbonyl (C=O) groups excluding carboxylic acids is 3. The van der Waals surface area contributed by atoms with Crippen LogP contribution >= 0.6 is 0 Å². The number of amides is 3. The van der Waals surface area contributed by atoms with Gasteiger partial charge in [0.15, 0.2) is 0 Å². The van der Waals surface area contributed by atoms with Gasteiger partial charge in [-0.3, -0.25) is 14.4 Å². The van der Waals surface area contributed by atoms with E-state index in [2.05, 4.69) is 17.4 Å². The first-order chi connectivity index (χ1) is 16.0. The number of nitrogens with one attached hydrogen (secondary N) is 1. The van der Waals surface area contributed by atoms with Crippen LogP contribution in [-0.2, 0) is 11.2 Å². The second kappa shape index (κ2) is 8.54. The summed E-state index contributed by atoms with van der Waals surface area (Å²) in [5.41, 5.74) is 11.7. The Kier molecular flexibility index (Phi) is 5.42. The van der Waals surface area contributed by atoms with E-state index in [1.54, 1.807) is 29.2 Å². The predicted molar refractivity (Wildman–Crippen MR) is 127 cm³/mol. The lowest BCUT2D eigenvalue weighted by atomic mass is 9.95. The Morgan fingerprint density at radius 1 is 0.848 bits per heavy atom. The van der Waals surface area contributed by atoms with Crippen LogP contribution in [0.15, 0.2) is 66.7 Å². The van der Waals surface area contributed by atoms with Crippen LogP contribution in [0.4, 0.5) is 5.69 Å². The molecule has 1 heterocycles. The number of carbonyl (C=O) groups is 3. The highest BCUT2D eigenvalue weighted by Crippen LogP contribution is 2.36. The molecule has 0 saturated carbocycles. The van der Waals surface area contributed by atoms with Gasteiger partial charge in [-0.15, -0.1) is 0 Å². The van der Waals surface area contributed by atoms with Gasteiger partial charge in [0.05, 0.1) is 11.3 Å². The van der Waals surface area contributed by atoms with Crippen LogP contribution in [0.2, 0.25) is 0 Å². The number of benzene rings is 3. The van der Waals surface area contributed by atoms with E-state index < -0.39 is 0 Å². The molecule has 0 radical (unpaired) electrons. The van der Waals surface area contributed by atoms with Crippen molar-refractivity contribution in [3.05, 3.63) is 89.0 Å². The van der Waals surface area contributed by atoms with Crippen molar-refractivity contribution in [3.8, 4) is 11.1 Å². The summed E-state index contributed by atoms with van der Waals surface area (Å²) in [5, 5.41) is 2.93. The van der Waals surface area contributed by atoms with Gasteiger partial charge in [-0.05, 0) is 65.8 Å². The molecule has 33 heavy (non-hydrogen) atoms. The number of hydrogen-bond acceptors (Lipinski definition) is 3. The van der Waals surface area contributed by atoms with Crippen molar-refractivity contribution in [1.29, 1.82) is 0 Å². The summed E-state index contributed by atoms with van der Waals surface area (Å²) in [6.07, 6.45) is 1.93. The number of likely N-dealkylation sites (tertiary alicyclic amines) is 1. The minimum Gasteiger partial charge on any atom is -0.369 e. The lowest BCUT2D eigenvalue weighted by molar-refractivity contribution is -0.123. The Morgan fingerprint density at radius 3 is 2.33 bits per heavy atom. The zero-order chi connectivity index (χ0) is 22.9. The Labute approximate surface area is 192 Å². The van der Waals surface area contributed by atoms with Crippen molar-refractivity contribution < 1.29 is 14.4 Å². The molecule has 3 aromatic carbocycles. The van der Waals surface area contributed by atoms with Crippen molar-refractivity contribution in [2.24, 2.45) is 11.7 Å². The fourth-order valence-corrected chi connectivity index (χ4v) is 4.80. The molecule has 166 valence electrons. The number of anilines is 1. The molecule has 6 heteroatoms. The average molecular weight is 440 g/mol. The molecule has 1 aliphatic heterocycles. The number of nitrogens with zero attached hydrogens (tertiary/aromatic N) is 1. The van der Waals surface area contributed by atoms with Gasteiger partial charge in [0.25, 0.3) is 11.8 Å². The van der Waals surface area contributed by atoms with E-state index in [-0.39, 0.29) is 23.6 Å². The number of rotatable bonds is 4. The van der Waals surface area contributed by atoms with Crippen LogP contribution in [0.3, 0.4) is 0 Å². The van der Waals surface area contributed by atoms with E-state index in [0.717, 1.165) is 17.5 Å². The molecule has 3 amide bonds. The largest absolute Gasteiger partial charge is 0.369 e. The summed E-state index contributed by atoms with van der Waals surface area (Å²) in [6, 6.07) is 21.1. The van der Waals surface area contributed by atoms with Crippen LogP contribution in [0.1, 0.15) is 44.7 Å². The molecule has 1 saturated heterocycles. The van der Waals surface area contributed by atoms with Crippen LogP contribution < -0.4 is 11.1 Å². The molecule has 1 fully saturated rings. The molecule has 0 spiro atoms. The Morgan fingerprint density at radius 2 is 1.55 bits per heavy atom. The molecule has 6 nitrogen and oxygen atoms in total. The first-order valence-electron chi connectivity index (χ1n) is 11.2. The molecule has 3 aromatic rings. The third-order valence-corrected chi connectivity index (χ3v) is 6.65. The van der Waals surface area contributed by atoms with Gasteiger partial charge in [-0.1, -0.05) is 42.5 Å². The van der Waals surface area contributed by atoms with Gasteiger partial charge in [0.2, 0.25) is 5.91 Å². The van der Waals surface area contributed by atoms with Crippen LogP contribution in [0.5, 0.6) is 0 Å². The van der Waals surface area contributed by atoms with Gasteiger partial charge in [-0.2, -0.15) is 0 Å². The van der Waals surface area contributed by atoms with E-state index in [1.807, 2.05) is 30.3 Å². The van der Waals surface area contributed by atoms with Crippen molar-refractivity contribution in [2.75, 3.05) is 18.4 Å². The lowest BCUT2D eigenvalue weighted by Gasteiger charge is -2.31. The van der Waals surface area contributed by atoms with Gasteiger partial charge >= 0.3 is 0 Å². The third-order valence-electron chi connectivity index (χ3n) is 6.65. The second-order valence-corrected chi connectivity index (χ2v) is 8.67. The normalized spacial score (nSPS) is 15.0. The van der Waals surface area contributed by atoms with Crippen LogP contribution in [0.25, 0.3) is 11.1 Å². The van der Waals surface area contributed by atoms with Crippen molar-refractivity contribution in [2.45, 2.75) is 19.3 Å². The van der Waals surface area contributed by atoms with Crippen molar-refractivity contribution in [1.82, 2.24) is 4.90 Å². The highest BCUT2D eigenvalue weighted by atomic mass is 16.2. The smallest absolute Gasteiger partial charge is 0.255 e. The monoisotopic (exact) mass is 439 g/mol. The summed E-state index contributed by atoms with van der Waals surface area (Å²) in [5.74, 6) is -0.901. The van der Waals surface area contributed by atoms with Crippen molar-refractivity contribution >= 4 is 23.4 Å². The number of piperidine rings is 1. The van der Waals surface area contributed by atoms with Gasteiger partial charge in [-0.25, -0.2) is 0 Å². The minimum absolute atomic E-state index is 0.154. The number of nitrogens with two attached hydrogens (primary N) is 1. The molecule has 3 N–H and O–H groups in total. The molecule has 2 aliphatic rings. The molecule has 0 aromatic heterocycles. The summed E-state index contributed by atoms with van der Waals surface area (Å²) in [4.78, 5) is 39.4. The molecule has 0 bridgehead atoms. The maximum Gasteiger partial charge on any atom is 0.255 e. The standard InChI is InChI=1S/C27H25N3O3/c28-25(31)17-11-13-30(14-12-17)27(33)23-7-3-4-8-24(23)29-26(32)19-9-10-22-20(16-19)15-18-5-1-2-6-21(18)22/h1-10,16-17H,11-15H2,(H2,28,31)(H,29,32). The van der Waals surface area contributed by atoms with E-state index in [9.17, 15) is 14.4 Å². The van der Waals surface area contributed by atoms with Gasteiger partial charge in [0.1, 0.15) is 0 Å². The van der Waals surface area contributed by atoms with Crippen LogP contribution in [0, 0.1) is 5.92 Å². The zero-order valence-corrected chi connectivity index (χ0v) is 18.2. The highest BCUT2D eigenvalue weighted by Gasteiger charge is 2.28. The summed E-state index contributed by atoms with van der Waals surface area (Å²) in [7, 11) is 0. The number of hydrogen-bond donors (Lipinski definition) is 2. The maximum absolute atomic E-state index is 13.2. The Balaban J connectivity index is 1.33. The van der Waals surface area contributed by atoms with E-state index in [0.29, 0.717) is 42.7 Å². The van der Waals surface area contributed by atoms with Gasteiger partial charge < -0.3 is 16.0 Å². The molecule has 1 aliphatic carbocycles. The molecule has 0 atom stereocenters. The number of fused-ring (bicyclic) bond motifs is 3. The second-order valence-electron chi connectivity index (χ2n) is 8.67. The fourth-order valence-electron chi connectivity index (χ4n) is 4.80. The average Bonchev–Trinajstić information content (AvgIpc) is 3.22. The SMILES string of the molecule is NC(=O)C1CCN(C(=O)c2ccccc2NC(=O)c2ccc3c(c2)Cc2ccccc2-3)CC1. The quantitative estimate of drug-likeness (QED) is 0.506. The molecular weight excluding hydrogens is 414 g/mol. The maximum atomic E-state index is 13.2. The van der Waals surface area contributed by atoms with E-state index in [4.69, 9.17) is 5.73 Å². The third kappa shape index (κ3) is 4.00. The van der Waals surface area contributed by atoms with E-state index >= 15 is 0 Å². The topological polar surface area (TPSA) is 92.5 Å². The minimum atomic E-state index is -0.313. The van der Waals surface area contributed by atoms with Crippen molar-refractivity contribution in [3.63, 3.8) is 0 Å². The Bertz CT molecular complexity index is 1260. The summed E-state index contributed by atoms with van der Waals surface area (Å²) >= 11 is 0. The summed E-state index contributed by atoms with van der Waals surface area (Å²) < 4.78 is 0. The number of primary amides is 1. The first kappa shape index (κ1) is 20.9.